The summed E-state index contributed by atoms with van der Waals surface area (Å²) in [6, 6.07) is 7.80. The molecule has 0 aliphatic heterocycles. The zero-order chi connectivity index (χ0) is 15.3. The highest BCUT2D eigenvalue weighted by molar-refractivity contribution is 7.98. The largest absolute Gasteiger partial charge is 0.310 e. The number of benzene rings is 1. The minimum absolute atomic E-state index is 0.0190. The summed E-state index contributed by atoms with van der Waals surface area (Å²) in [6.45, 7) is 2.62. The molecule has 6 heteroatoms. The van der Waals surface area contributed by atoms with Gasteiger partial charge in [-0.25, -0.2) is 13.1 Å². The Labute approximate surface area is 132 Å². The first-order valence-electron chi connectivity index (χ1n) is 7.39. The first-order valence-corrected chi connectivity index (χ1v) is 10.3. The second kappa shape index (κ2) is 7.63. The van der Waals surface area contributed by atoms with Gasteiger partial charge in [-0.2, -0.15) is 11.8 Å². The van der Waals surface area contributed by atoms with E-state index in [0.29, 0.717) is 17.5 Å². The molecule has 2 rings (SSSR count). The molecule has 21 heavy (non-hydrogen) atoms. The van der Waals surface area contributed by atoms with Crippen LogP contribution in [0.5, 0.6) is 0 Å². The van der Waals surface area contributed by atoms with E-state index in [0.717, 1.165) is 17.7 Å². The standard InChI is InChI=1S/C15H24N2O2S2/c1-3-13(11-20-2)17-21(18,19)15-7-5-4-6-12(15)10-16-14-8-9-14/h4-7,13-14,16-17H,3,8-11H2,1-2H3. The number of sulfonamides is 1. The smallest absolute Gasteiger partial charge is 0.241 e. The fourth-order valence-corrected chi connectivity index (χ4v) is 4.56. The molecule has 0 saturated heterocycles. The lowest BCUT2D eigenvalue weighted by Crippen LogP contribution is -2.36. The summed E-state index contributed by atoms with van der Waals surface area (Å²) in [5.41, 5.74) is 0.843. The van der Waals surface area contributed by atoms with E-state index in [1.54, 1.807) is 23.9 Å². The molecule has 1 aliphatic rings. The monoisotopic (exact) mass is 328 g/mol. The Kier molecular flexibility index (Phi) is 6.10. The van der Waals surface area contributed by atoms with Crippen molar-refractivity contribution in [2.45, 2.75) is 49.7 Å². The molecule has 118 valence electrons. The average molecular weight is 329 g/mol. The molecule has 1 atom stereocenters. The fourth-order valence-electron chi connectivity index (χ4n) is 2.17. The number of rotatable bonds is 9. The van der Waals surface area contributed by atoms with Crippen molar-refractivity contribution in [1.29, 1.82) is 0 Å². The van der Waals surface area contributed by atoms with Crippen LogP contribution in [0.1, 0.15) is 31.7 Å². The molecule has 2 N–H and O–H groups in total. The maximum atomic E-state index is 12.6. The highest BCUT2D eigenvalue weighted by Crippen LogP contribution is 2.21. The van der Waals surface area contributed by atoms with Crippen LogP contribution < -0.4 is 10.0 Å². The van der Waals surface area contributed by atoms with Crippen molar-refractivity contribution in [3.8, 4) is 0 Å². The highest BCUT2D eigenvalue weighted by Gasteiger charge is 2.24. The second-order valence-corrected chi connectivity index (χ2v) is 8.04. The van der Waals surface area contributed by atoms with Crippen molar-refractivity contribution in [3.05, 3.63) is 29.8 Å². The van der Waals surface area contributed by atoms with E-state index in [9.17, 15) is 8.42 Å². The van der Waals surface area contributed by atoms with Crippen molar-refractivity contribution in [2.24, 2.45) is 0 Å². The third kappa shape index (κ3) is 4.98. The van der Waals surface area contributed by atoms with Crippen molar-refractivity contribution in [2.75, 3.05) is 12.0 Å². The van der Waals surface area contributed by atoms with Gasteiger partial charge in [0.25, 0.3) is 0 Å². The summed E-state index contributed by atoms with van der Waals surface area (Å²) >= 11 is 1.66. The number of hydrogen-bond acceptors (Lipinski definition) is 4. The molecule has 1 aliphatic carbocycles. The minimum Gasteiger partial charge on any atom is -0.310 e. The maximum absolute atomic E-state index is 12.6. The topological polar surface area (TPSA) is 58.2 Å². The lowest BCUT2D eigenvalue weighted by molar-refractivity contribution is 0.555. The van der Waals surface area contributed by atoms with Crippen molar-refractivity contribution in [3.63, 3.8) is 0 Å². The lowest BCUT2D eigenvalue weighted by Gasteiger charge is -2.18. The van der Waals surface area contributed by atoms with E-state index in [2.05, 4.69) is 10.0 Å². The molecule has 0 amide bonds. The van der Waals surface area contributed by atoms with Crippen LogP contribution in [0.2, 0.25) is 0 Å². The van der Waals surface area contributed by atoms with Gasteiger partial charge in [-0.15, -0.1) is 0 Å². The van der Waals surface area contributed by atoms with Gasteiger partial charge in [0.05, 0.1) is 4.90 Å². The molecule has 0 spiro atoms. The van der Waals surface area contributed by atoms with Crippen LogP contribution in [-0.4, -0.2) is 32.5 Å². The third-order valence-electron chi connectivity index (χ3n) is 3.60. The Morgan fingerprint density at radius 3 is 2.67 bits per heavy atom. The summed E-state index contributed by atoms with van der Waals surface area (Å²) < 4.78 is 28.0. The Morgan fingerprint density at radius 1 is 1.33 bits per heavy atom. The Balaban J connectivity index is 2.13. The number of thioether (sulfide) groups is 1. The van der Waals surface area contributed by atoms with Gasteiger partial charge >= 0.3 is 0 Å². The average Bonchev–Trinajstić information content (AvgIpc) is 3.29. The molecule has 0 bridgehead atoms. The van der Waals surface area contributed by atoms with E-state index in [4.69, 9.17) is 0 Å². The van der Waals surface area contributed by atoms with E-state index < -0.39 is 10.0 Å². The first kappa shape index (κ1) is 16.8. The predicted octanol–water partition coefficient (Wildman–Crippen LogP) is 2.36. The van der Waals surface area contributed by atoms with Crippen LogP contribution >= 0.6 is 11.8 Å². The summed E-state index contributed by atoms with van der Waals surface area (Å²) in [5, 5.41) is 3.38. The Hall–Kier alpha value is -0.560. The maximum Gasteiger partial charge on any atom is 0.241 e. The quantitative estimate of drug-likeness (QED) is 0.731. The molecular weight excluding hydrogens is 304 g/mol. The molecular formula is C15H24N2O2S2. The van der Waals surface area contributed by atoms with Crippen LogP contribution in [-0.2, 0) is 16.6 Å². The normalized spacial score (nSPS) is 16.9. The zero-order valence-electron chi connectivity index (χ0n) is 12.6. The Bertz CT molecular complexity index is 557. The van der Waals surface area contributed by atoms with E-state index >= 15 is 0 Å². The van der Waals surface area contributed by atoms with Gasteiger partial charge in [-0.3, -0.25) is 0 Å². The highest BCUT2D eigenvalue weighted by atomic mass is 32.2. The predicted molar refractivity (Wildman–Crippen MR) is 89.1 cm³/mol. The molecule has 1 unspecified atom stereocenters. The van der Waals surface area contributed by atoms with E-state index in [-0.39, 0.29) is 6.04 Å². The van der Waals surface area contributed by atoms with Crippen molar-refractivity contribution < 1.29 is 8.42 Å². The van der Waals surface area contributed by atoms with E-state index in [1.165, 1.54) is 12.8 Å². The van der Waals surface area contributed by atoms with Crippen LogP contribution in [0.15, 0.2) is 29.2 Å². The summed E-state index contributed by atoms with van der Waals surface area (Å²) in [5.74, 6) is 0.790. The minimum atomic E-state index is -3.46. The molecule has 0 radical (unpaired) electrons. The van der Waals surface area contributed by atoms with Crippen LogP contribution in [0.4, 0.5) is 0 Å². The van der Waals surface area contributed by atoms with Crippen LogP contribution in [0.3, 0.4) is 0 Å². The van der Waals surface area contributed by atoms with Crippen LogP contribution in [0.25, 0.3) is 0 Å². The summed E-state index contributed by atoms with van der Waals surface area (Å²) in [6.07, 6.45) is 5.17. The fraction of sp³-hybridized carbons (Fsp3) is 0.600. The molecule has 1 saturated carbocycles. The number of hydrogen-bond donors (Lipinski definition) is 2. The van der Waals surface area contributed by atoms with Crippen molar-refractivity contribution in [1.82, 2.24) is 10.0 Å². The summed E-state index contributed by atoms with van der Waals surface area (Å²) in [7, 11) is -3.46. The van der Waals surface area contributed by atoms with Gasteiger partial charge < -0.3 is 5.32 Å². The van der Waals surface area contributed by atoms with E-state index in [1.807, 2.05) is 25.3 Å². The van der Waals surface area contributed by atoms with Crippen LogP contribution in [0, 0.1) is 0 Å². The lowest BCUT2D eigenvalue weighted by atomic mass is 10.2. The van der Waals surface area contributed by atoms with Gasteiger partial charge in [-0.05, 0) is 37.1 Å². The Morgan fingerprint density at radius 2 is 2.05 bits per heavy atom. The third-order valence-corrected chi connectivity index (χ3v) is 5.96. The van der Waals surface area contributed by atoms with Gasteiger partial charge in [0.15, 0.2) is 0 Å². The molecule has 0 aromatic heterocycles. The summed E-state index contributed by atoms with van der Waals surface area (Å²) in [4.78, 5) is 0.401. The SMILES string of the molecule is CCC(CSC)NS(=O)(=O)c1ccccc1CNC1CC1. The van der Waals surface area contributed by atoms with Gasteiger partial charge in [-0.1, -0.05) is 25.1 Å². The molecule has 0 heterocycles. The second-order valence-electron chi connectivity index (χ2n) is 5.44. The first-order chi connectivity index (χ1) is 10.1. The van der Waals surface area contributed by atoms with Gasteiger partial charge in [0.1, 0.15) is 0 Å². The zero-order valence-corrected chi connectivity index (χ0v) is 14.3. The molecule has 1 fully saturated rings. The number of nitrogens with one attached hydrogen (secondary N) is 2. The van der Waals surface area contributed by atoms with Gasteiger partial charge in [0.2, 0.25) is 10.0 Å². The van der Waals surface area contributed by atoms with Crippen molar-refractivity contribution >= 4 is 21.8 Å². The van der Waals surface area contributed by atoms with Gasteiger partial charge in [0, 0.05) is 24.4 Å². The molecule has 1 aromatic rings. The molecule has 4 nitrogen and oxygen atoms in total. The molecule has 1 aromatic carbocycles.